The summed E-state index contributed by atoms with van der Waals surface area (Å²) in [7, 11) is 0. The minimum atomic E-state index is -0.0534. The molecule has 1 unspecified atom stereocenters. The maximum atomic E-state index is 10.9. The quantitative estimate of drug-likeness (QED) is 0.876. The van der Waals surface area contributed by atoms with E-state index in [1.807, 2.05) is 24.3 Å². The van der Waals surface area contributed by atoms with Gasteiger partial charge in [-0.1, -0.05) is 0 Å². The Morgan fingerprint density at radius 3 is 2.39 bits per heavy atom. The molecule has 2 aromatic rings. The molecule has 3 nitrogen and oxygen atoms in total. The smallest absolute Gasteiger partial charge is 0.221 e. The first-order valence-electron chi connectivity index (χ1n) is 5.81. The summed E-state index contributed by atoms with van der Waals surface area (Å²) < 4.78 is 0. The number of rotatable bonds is 4. The van der Waals surface area contributed by atoms with Crippen LogP contribution in [0.15, 0.2) is 41.1 Å². The number of carbonyl (C=O) groups is 1. The summed E-state index contributed by atoms with van der Waals surface area (Å²) in [6, 6.07) is 10.1. The summed E-state index contributed by atoms with van der Waals surface area (Å²) in [5, 5.41) is 10.4. The van der Waals surface area contributed by atoms with Crippen LogP contribution in [0.25, 0.3) is 0 Å². The van der Waals surface area contributed by atoms with Gasteiger partial charge in [0.2, 0.25) is 5.91 Å². The standard InChI is InChI=1S/C14H16N2OS/c1-10(12-7-8-18-9-12)15-13-3-5-14(6-4-13)16-11(2)17/h3-10,15H,1-2H3,(H,16,17). The molecular weight excluding hydrogens is 244 g/mol. The lowest BCUT2D eigenvalue weighted by atomic mass is 10.1. The number of amides is 1. The second-order valence-corrected chi connectivity index (χ2v) is 4.96. The van der Waals surface area contributed by atoms with Gasteiger partial charge in [-0.3, -0.25) is 4.79 Å². The van der Waals surface area contributed by atoms with Crippen molar-refractivity contribution in [2.24, 2.45) is 0 Å². The van der Waals surface area contributed by atoms with Crippen molar-refractivity contribution in [1.29, 1.82) is 0 Å². The summed E-state index contributed by atoms with van der Waals surface area (Å²) in [5.74, 6) is -0.0534. The van der Waals surface area contributed by atoms with Gasteiger partial charge in [0.1, 0.15) is 0 Å². The maximum absolute atomic E-state index is 10.9. The van der Waals surface area contributed by atoms with Gasteiger partial charge in [-0.05, 0) is 53.6 Å². The van der Waals surface area contributed by atoms with Gasteiger partial charge in [0, 0.05) is 24.3 Å². The molecule has 0 saturated heterocycles. The first-order valence-corrected chi connectivity index (χ1v) is 6.76. The number of anilines is 2. The van der Waals surface area contributed by atoms with E-state index in [4.69, 9.17) is 0 Å². The van der Waals surface area contributed by atoms with Crippen LogP contribution < -0.4 is 10.6 Å². The molecule has 1 aromatic heterocycles. The van der Waals surface area contributed by atoms with E-state index in [-0.39, 0.29) is 11.9 Å². The largest absolute Gasteiger partial charge is 0.378 e. The van der Waals surface area contributed by atoms with Gasteiger partial charge in [0.05, 0.1) is 0 Å². The Morgan fingerprint density at radius 2 is 1.83 bits per heavy atom. The SMILES string of the molecule is CC(=O)Nc1ccc(NC(C)c2ccsc2)cc1. The Labute approximate surface area is 111 Å². The van der Waals surface area contributed by atoms with E-state index < -0.39 is 0 Å². The van der Waals surface area contributed by atoms with Gasteiger partial charge >= 0.3 is 0 Å². The molecule has 0 aliphatic heterocycles. The first kappa shape index (κ1) is 12.6. The zero-order valence-electron chi connectivity index (χ0n) is 10.4. The number of nitrogens with one attached hydrogen (secondary N) is 2. The van der Waals surface area contributed by atoms with E-state index in [0.717, 1.165) is 11.4 Å². The van der Waals surface area contributed by atoms with Crippen LogP contribution in [0.2, 0.25) is 0 Å². The van der Waals surface area contributed by atoms with Crippen molar-refractivity contribution in [3.63, 3.8) is 0 Å². The van der Waals surface area contributed by atoms with E-state index >= 15 is 0 Å². The highest BCUT2D eigenvalue weighted by Crippen LogP contribution is 2.22. The fourth-order valence-electron chi connectivity index (χ4n) is 1.71. The molecule has 2 rings (SSSR count). The molecule has 0 aliphatic rings. The summed E-state index contributed by atoms with van der Waals surface area (Å²) in [6.07, 6.45) is 0. The van der Waals surface area contributed by atoms with Crippen molar-refractivity contribution in [3.05, 3.63) is 46.7 Å². The molecule has 0 fully saturated rings. The van der Waals surface area contributed by atoms with E-state index in [2.05, 4.69) is 34.4 Å². The highest BCUT2D eigenvalue weighted by molar-refractivity contribution is 7.07. The van der Waals surface area contributed by atoms with Gasteiger partial charge < -0.3 is 10.6 Å². The third-order valence-corrected chi connectivity index (χ3v) is 3.33. The molecule has 0 saturated carbocycles. The Bertz CT molecular complexity index is 505. The summed E-state index contributed by atoms with van der Waals surface area (Å²) in [5.41, 5.74) is 3.14. The normalized spacial score (nSPS) is 11.9. The van der Waals surface area contributed by atoms with Crippen molar-refractivity contribution >= 4 is 28.6 Å². The molecule has 0 radical (unpaired) electrons. The van der Waals surface area contributed by atoms with Gasteiger partial charge in [-0.15, -0.1) is 0 Å². The average molecular weight is 260 g/mol. The number of benzene rings is 1. The Balaban J connectivity index is 2.00. The monoisotopic (exact) mass is 260 g/mol. The molecule has 0 bridgehead atoms. The highest BCUT2D eigenvalue weighted by atomic mass is 32.1. The van der Waals surface area contributed by atoms with Crippen molar-refractivity contribution in [1.82, 2.24) is 0 Å². The molecule has 1 heterocycles. The minimum Gasteiger partial charge on any atom is -0.378 e. The number of hydrogen-bond acceptors (Lipinski definition) is 3. The molecular formula is C14H16N2OS. The van der Waals surface area contributed by atoms with Crippen LogP contribution in [-0.2, 0) is 4.79 Å². The predicted octanol–water partition coefficient (Wildman–Crippen LogP) is 3.88. The zero-order valence-corrected chi connectivity index (χ0v) is 11.3. The lowest BCUT2D eigenvalue weighted by Crippen LogP contribution is -2.07. The van der Waals surface area contributed by atoms with Crippen molar-refractivity contribution < 1.29 is 4.79 Å². The van der Waals surface area contributed by atoms with Crippen LogP contribution in [0.3, 0.4) is 0 Å². The number of hydrogen-bond donors (Lipinski definition) is 2. The molecule has 0 spiro atoms. The first-order chi connectivity index (χ1) is 8.65. The van der Waals surface area contributed by atoms with E-state index in [1.54, 1.807) is 11.3 Å². The molecule has 2 N–H and O–H groups in total. The Kier molecular flexibility index (Phi) is 3.99. The van der Waals surface area contributed by atoms with Crippen LogP contribution in [-0.4, -0.2) is 5.91 Å². The van der Waals surface area contributed by atoms with Crippen LogP contribution in [0.1, 0.15) is 25.5 Å². The molecule has 1 amide bonds. The fourth-order valence-corrected chi connectivity index (χ4v) is 2.46. The third kappa shape index (κ3) is 3.34. The maximum Gasteiger partial charge on any atom is 0.221 e. The fraction of sp³-hybridized carbons (Fsp3) is 0.214. The lowest BCUT2D eigenvalue weighted by Gasteiger charge is -2.14. The van der Waals surface area contributed by atoms with Crippen LogP contribution in [0, 0.1) is 0 Å². The van der Waals surface area contributed by atoms with E-state index in [0.29, 0.717) is 0 Å². The van der Waals surface area contributed by atoms with E-state index in [9.17, 15) is 4.79 Å². The summed E-state index contributed by atoms with van der Waals surface area (Å²) in [4.78, 5) is 10.9. The van der Waals surface area contributed by atoms with Crippen LogP contribution in [0.4, 0.5) is 11.4 Å². The van der Waals surface area contributed by atoms with Crippen molar-refractivity contribution in [2.45, 2.75) is 19.9 Å². The van der Waals surface area contributed by atoms with Crippen LogP contribution in [0.5, 0.6) is 0 Å². The Morgan fingerprint density at radius 1 is 1.17 bits per heavy atom. The van der Waals surface area contributed by atoms with Gasteiger partial charge in [-0.2, -0.15) is 11.3 Å². The topological polar surface area (TPSA) is 41.1 Å². The number of carbonyl (C=O) groups excluding carboxylic acids is 1. The second kappa shape index (κ2) is 5.69. The molecule has 1 atom stereocenters. The van der Waals surface area contributed by atoms with Gasteiger partial charge in [0.25, 0.3) is 0 Å². The molecule has 18 heavy (non-hydrogen) atoms. The highest BCUT2D eigenvalue weighted by Gasteiger charge is 2.05. The third-order valence-electron chi connectivity index (χ3n) is 2.63. The minimum absolute atomic E-state index is 0.0534. The van der Waals surface area contributed by atoms with E-state index in [1.165, 1.54) is 12.5 Å². The molecule has 94 valence electrons. The second-order valence-electron chi connectivity index (χ2n) is 4.18. The summed E-state index contributed by atoms with van der Waals surface area (Å²) in [6.45, 7) is 3.63. The molecule has 1 aromatic carbocycles. The molecule has 0 aliphatic carbocycles. The van der Waals surface area contributed by atoms with Crippen molar-refractivity contribution in [2.75, 3.05) is 10.6 Å². The zero-order chi connectivity index (χ0) is 13.0. The number of thiophene rings is 1. The Hall–Kier alpha value is -1.81. The van der Waals surface area contributed by atoms with Gasteiger partial charge in [-0.25, -0.2) is 0 Å². The predicted molar refractivity (Wildman–Crippen MR) is 77.1 cm³/mol. The lowest BCUT2D eigenvalue weighted by molar-refractivity contribution is -0.114. The molecule has 4 heteroatoms. The van der Waals surface area contributed by atoms with Crippen molar-refractivity contribution in [3.8, 4) is 0 Å². The van der Waals surface area contributed by atoms with Gasteiger partial charge in [0.15, 0.2) is 0 Å². The average Bonchev–Trinajstić information content (AvgIpc) is 2.84. The van der Waals surface area contributed by atoms with Crippen LogP contribution >= 0.6 is 11.3 Å². The summed E-state index contributed by atoms with van der Waals surface area (Å²) >= 11 is 1.70.